The molecule has 2 atom stereocenters. The van der Waals surface area contributed by atoms with Crippen LogP contribution in [0.3, 0.4) is 0 Å². The van der Waals surface area contributed by atoms with Gasteiger partial charge in [0.05, 0.1) is 36.7 Å². The normalized spacial score (nSPS) is 21.0. The fourth-order valence-corrected chi connectivity index (χ4v) is 5.61. The average molecular weight is 568 g/mol. The van der Waals surface area contributed by atoms with Crippen LogP contribution < -0.4 is 15.6 Å². The second kappa shape index (κ2) is 12.2. The van der Waals surface area contributed by atoms with Gasteiger partial charge >= 0.3 is 12.1 Å². The first-order valence-electron chi connectivity index (χ1n) is 12.8. The number of nitrogens with one attached hydrogen (secondary N) is 2. The Labute approximate surface area is 227 Å². The summed E-state index contributed by atoms with van der Waals surface area (Å²) in [5.41, 5.74) is -0.649. The largest absolute Gasteiger partial charge is 0.465 e. The van der Waals surface area contributed by atoms with Crippen molar-refractivity contribution in [2.75, 3.05) is 23.8 Å². The monoisotopic (exact) mass is 567 g/mol. The van der Waals surface area contributed by atoms with Crippen molar-refractivity contribution in [1.29, 1.82) is 0 Å². The van der Waals surface area contributed by atoms with Crippen LogP contribution in [0.5, 0.6) is 0 Å². The topological polar surface area (TPSA) is 169 Å². The predicted octanol–water partition coefficient (Wildman–Crippen LogP) is 2.22. The average Bonchev–Trinajstić information content (AvgIpc) is 3.12. The van der Waals surface area contributed by atoms with Gasteiger partial charge in [-0.1, -0.05) is 0 Å². The van der Waals surface area contributed by atoms with Crippen LogP contribution in [0.1, 0.15) is 59.1 Å². The SMILES string of the molecule is Cc1ccc(NS(=O)(=O)CC2CCCCO2)c(=O)n1C1=NC(=CCC(=O)OC(C)(C)C)C(C)N1CNC(=O)O. The number of hydrogen-bond acceptors (Lipinski definition) is 9. The van der Waals surface area contributed by atoms with Crippen LogP contribution in [-0.4, -0.2) is 77.8 Å². The summed E-state index contributed by atoms with van der Waals surface area (Å²) in [4.78, 5) is 43.1. The molecule has 1 aromatic rings. The number of sulfonamides is 1. The Morgan fingerprint density at radius 2 is 2.00 bits per heavy atom. The van der Waals surface area contributed by atoms with Gasteiger partial charge in [0.2, 0.25) is 16.0 Å². The van der Waals surface area contributed by atoms with Crippen molar-refractivity contribution >= 4 is 33.7 Å². The number of carbonyl (C=O) groups is 2. The van der Waals surface area contributed by atoms with Crippen LogP contribution in [0.15, 0.2) is 33.7 Å². The Morgan fingerprint density at radius 1 is 1.28 bits per heavy atom. The number of esters is 1. The van der Waals surface area contributed by atoms with Crippen LogP contribution in [0.25, 0.3) is 0 Å². The Kier molecular flexibility index (Phi) is 9.43. The number of amides is 1. The van der Waals surface area contributed by atoms with Gasteiger partial charge in [0, 0.05) is 12.3 Å². The number of hydrogen-bond donors (Lipinski definition) is 3. The highest BCUT2D eigenvalue weighted by Crippen LogP contribution is 2.23. The highest BCUT2D eigenvalue weighted by atomic mass is 32.2. The van der Waals surface area contributed by atoms with Gasteiger partial charge in [-0.25, -0.2) is 22.8 Å². The Morgan fingerprint density at radius 3 is 2.62 bits per heavy atom. The lowest BCUT2D eigenvalue weighted by atomic mass is 10.1. The van der Waals surface area contributed by atoms with Gasteiger partial charge in [-0.05, 0) is 72.1 Å². The van der Waals surface area contributed by atoms with Crippen molar-refractivity contribution in [3.05, 3.63) is 40.0 Å². The lowest BCUT2D eigenvalue weighted by molar-refractivity contribution is -0.153. The lowest BCUT2D eigenvalue weighted by Gasteiger charge is -2.27. The minimum absolute atomic E-state index is 0.0785. The highest BCUT2D eigenvalue weighted by Gasteiger charge is 2.32. The smallest absolute Gasteiger partial charge is 0.406 e. The van der Waals surface area contributed by atoms with E-state index in [1.165, 1.54) is 15.5 Å². The van der Waals surface area contributed by atoms with Gasteiger partial charge in [-0.3, -0.25) is 14.3 Å². The Hall–Kier alpha value is -3.39. The van der Waals surface area contributed by atoms with Crippen molar-refractivity contribution in [3.8, 4) is 0 Å². The predicted molar refractivity (Wildman–Crippen MR) is 145 cm³/mol. The molecular weight excluding hydrogens is 530 g/mol. The number of aryl methyl sites for hydroxylation is 1. The number of carbonyl (C=O) groups excluding carboxylic acids is 1. The molecule has 2 aliphatic heterocycles. The maximum atomic E-state index is 13.5. The molecule has 1 saturated heterocycles. The van der Waals surface area contributed by atoms with Crippen molar-refractivity contribution in [2.45, 2.75) is 78.0 Å². The quantitative estimate of drug-likeness (QED) is 0.399. The van der Waals surface area contributed by atoms with Crippen molar-refractivity contribution < 1.29 is 32.6 Å². The van der Waals surface area contributed by atoms with E-state index in [9.17, 15) is 27.9 Å². The number of ether oxygens (including phenoxy) is 2. The highest BCUT2D eigenvalue weighted by molar-refractivity contribution is 7.92. The van der Waals surface area contributed by atoms with Crippen molar-refractivity contribution in [3.63, 3.8) is 0 Å². The molecule has 0 spiro atoms. The number of aromatic nitrogens is 1. The zero-order chi connectivity index (χ0) is 29.0. The summed E-state index contributed by atoms with van der Waals surface area (Å²) in [5.74, 6) is -0.650. The summed E-state index contributed by atoms with van der Waals surface area (Å²) in [6.07, 6.45) is 2.15. The minimum Gasteiger partial charge on any atom is -0.465 e. The molecule has 0 aliphatic carbocycles. The summed E-state index contributed by atoms with van der Waals surface area (Å²) in [7, 11) is -3.89. The molecule has 39 heavy (non-hydrogen) atoms. The van der Waals surface area contributed by atoms with Crippen LogP contribution in [0.4, 0.5) is 10.5 Å². The van der Waals surface area contributed by atoms with E-state index in [2.05, 4.69) is 15.0 Å². The van der Waals surface area contributed by atoms with E-state index >= 15 is 0 Å². The second-order valence-electron chi connectivity index (χ2n) is 10.5. The molecule has 2 aliphatic rings. The van der Waals surface area contributed by atoms with Gasteiger partial charge in [0.1, 0.15) is 11.3 Å². The van der Waals surface area contributed by atoms with Gasteiger partial charge in [0.15, 0.2) is 0 Å². The molecule has 3 heterocycles. The summed E-state index contributed by atoms with van der Waals surface area (Å²) >= 11 is 0. The molecular formula is C25H37N5O8S. The fourth-order valence-electron chi connectivity index (χ4n) is 4.28. The van der Waals surface area contributed by atoms with E-state index in [-0.39, 0.29) is 30.5 Å². The standard InChI is InChI=1S/C25H37N5O8S/c1-16-9-10-20(28-39(35,36)14-18-8-6-7-13-37-18)22(32)30(16)23-27-19(11-12-21(31)38-25(3,4)5)17(2)29(23)15-26-24(33)34/h9-11,17-18,26,28H,6-8,12-15H2,1-5H3,(H,33,34). The molecule has 1 amide bonds. The van der Waals surface area contributed by atoms with Crippen LogP contribution >= 0.6 is 0 Å². The van der Waals surface area contributed by atoms with Gasteiger partial charge in [-0.2, -0.15) is 0 Å². The first-order valence-corrected chi connectivity index (χ1v) is 14.4. The molecule has 0 bridgehead atoms. The van der Waals surface area contributed by atoms with E-state index in [1.807, 2.05) is 0 Å². The molecule has 2 unspecified atom stereocenters. The van der Waals surface area contributed by atoms with Crippen LogP contribution in [0.2, 0.25) is 0 Å². The van der Waals surface area contributed by atoms with E-state index in [0.717, 1.165) is 12.8 Å². The minimum atomic E-state index is -3.89. The van der Waals surface area contributed by atoms with E-state index < -0.39 is 45.4 Å². The maximum absolute atomic E-state index is 13.5. The van der Waals surface area contributed by atoms with E-state index in [4.69, 9.17) is 9.47 Å². The molecule has 14 heteroatoms. The van der Waals surface area contributed by atoms with Crippen LogP contribution in [0, 0.1) is 6.92 Å². The molecule has 216 valence electrons. The van der Waals surface area contributed by atoms with Gasteiger partial charge in [-0.15, -0.1) is 0 Å². The van der Waals surface area contributed by atoms with Crippen molar-refractivity contribution in [1.82, 2.24) is 14.8 Å². The molecule has 1 aromatic heterocycles. The number of anilines is 1. The van der Waals surface area contributed by atoms with Gasteiger partial charge in [0.25, 0.3) is 5.56 Å². The van der Waals surface area contributed by atoms with E-state index in [1.54, 1.807) is 46.8 Å². The number of pyridine rings is 1. The van der Waals surface area contributed by atoms with Crippen LogP contribution in [-0.2, 0) is 24.3 Å². The van der Waals surface area contributed by atoms with Gasteiger partial charge < -0.3 is 24.8 Å². The zero-order valence-corrected chi connectivity index (χ0v) is 23.7. The Bertz CT molecular complexity index is 1310. The number of nitrogens with zero attached hydrogens (tertiary/aromatic N) is 3. The summed E-state index contributed by atoms with van der Waals surface area (Å²) in [5, 5.41) is 11.4. The molecule has 3 N–H and O–H groups in total. The second-order valence-corrected chi connectivity index (χ2v) is 12.3. The first kappa shape index (κ1) is 30.2. The summed E-state index contributed by atoms with van der Waals surface area (Å²) < 4.78 is 40.1. The number of carboxylic acid groups (broad SMARTS) is 1. The zero-order valence-electron chi connectivity index (χ0n) is 22.9. The molecule has 0 aromatic carbocycles. The van der Waals surface area contributed by atoms with E-state index in [0.29, 0.717) is 24.4 Å². The number of aliphatic imine (C=N–C) groups is 1. The fraction of sp³-hybridized carbons (Fsp3) is 0.600. The number of rotatable bonds is 8. The molecule has 3 rings (SSSR count). The molecule has 1 fully saturated rings. The summed E-state index contributed by atoms with van der Waals surface area (Å²) in [6.45, 7) is 8.95. The first-order chi connectivity index (χ1) is 18.2. The molecule has 0 radical (unpaired) electrons. The lowest BCUT2D eigenvalue weighted by Crippen LogP contribution is -2.48. The van der Waals surface area contributed by atoms with Crippen molar-refractivity contribution in [2.24, 2.45) is 4.99 Å². The third-order valence-corrected chi connectivity index (χ3v) is 7.44. The third kappa shape index (κ3) is 8.30. The molecule has 13 nitrogen and oxygen atoms in total. The molecule has 0 saturated carbocycles. The maximum Gasteiger partial charge on any atom is 0.406 e. The summed E-state index contributed by atoms with van der Waals surface area (Å²) in [6, 6.07) is 2.43. The Balaban J connectivity index is 1.94. The third-order valence-electron chi connectivity index (χ3n) is 6.10.